The van der Waals surface area contributed by atoms with Crippen LogP contribution < -0.4 is 5.32 Å². The molecule has 28 heavy (non-hydrogen) atoms. The summed E-state index contributed by atoms with van der Waals surface area (Å²) in [6.07, 6.45) is 3.80. The van der Waals surface area contributed by atoms with E-state index in [-0.39, 0.29) is 18.7 Å². The van der Waals surface area contributed by atoms with E-state index in [1.54, 1.807) is 35.1 Å². The smallest absolute Gasteiger partial charge is 0.307 e. The van der Waals surface area contributed by atoms with Gasteiger partial charge in [0.15, 0.2) is 0 Å². The number of benzene rings is 2. The van der Waals surface area contributed by atoms with Crippen molar-refractivity contribution < 1.29 is 14.3 Å². The quantitative estimate of drug-likeness (QED) is 0.619. The molecule has 1 unspecified atom stereocenters. The monoisotopic (exact) mass is 397 g/mol. The van der Waals surface area contributed by atoms with Crippen molar-refractivity contribution in [1.29, 1.82) is 0 Å². The van der Waals surface area contributed by atoms with Crippen LogP contribution in [0, 0.1) is 0 Å². The molecule has 0 saturated carbocycles. The molecule has 3 rings (SSSR count). The first-order valence-corrected chi connectivity index (χ1v) is 9.13. The van der Waals surface area contributed by atoms with E-state index < -0.39 is 12.0 Å². The van der Waals surface area contributed by atoms with Gasteiger partial charge in [-0.05, 0) is 41.5 Å². The molecule has 0 fully saturated rings. The van der Waals surface area contributed by atoms with Crippen molar-refractivity contribution in [2.75, 3.05) is 7.11 Å². The molecule has 0 aliphatic rings. The molecule has 1 heterocycles. The number of carbonyl (C=O) groups is 2. The van der Waals surface area contributed by atoms with Crippen LogP contribution in [0.4, 0.5) is 0 Å². The maximum absolute atomic E-state index is 12.5. The largest absolute Gasteiger partial charge is 0.469 e. The average molecular weight is 398 g/mol. The van der Waals surface area contributed by atoms with Crippen molar-refractivity contribution in [3.8, 4) is 5.69 Å². The minimum Gasteiger partial charge on any atom is -0.469 e. The van der Waals surface area contributed by atoms with Crippen LogP contribution in [-0.4, -0.2) is 28.8 Å². The molecule has 7 heteroatoms. The molecular formula is C21H20ClN3O3. The Kier molecular flexibility index (Phi) is 6.45. The predicted octanol–water partition coefficient (Wildman–Crippen LogP) is 3.49. The molecule has 1 atom stereocenters. The Morgan fingerprint density at radius 2 is 1.86 bits per heavy atom. The van der Waals surface area contributed by atoms with Gasteiger partial charge in [0.25, 0.3) is 0 Å². The standard InChI is InChI=1S/C21H20ClN3O3/c1-28-21(27)14-19(16-5-7-17(22)8-6-16)24-20(26)13-15-3-9-18(10-4-15)25-12-2-11-23-25/h2-12,19H,13-14H2,1H3,(H,24,26). The van der Waals surface area contributed by atoms with Crippen LogP contribution in [0.2, 0.25) is 5.02 Å². The fourth-order valence-electron chi connectivity index (χ4n) is 2.82. The van der Waals surface area contributed by atoms with Gasteiger partial charge in [-0.25, -0.2) is 4.68 Å². The predicted molar refractivity (Wildman–Crippen MR) is 106 cm³/mol. The number of halogens is 1. The Morgan fingerprint density at radius 3 is 2.46 bits per heavy atom. The van der Waals surface area contributed by atoms with Gasteiger partial charge in [-0.15, -0.1) is 0 Å². The first-order valence-electron chi connectivity index (χ1n) is 8.76. The van der Waals surface area contributed by atoms with Gasteiger partial charge in [0.2, 0.25) is 5.91 Å². The zero-order valence-corrected chi connectivity index (χ0v) is 16.1. The van der Waals surface area contributed by atoms with E-state index in [1.165, 1.54) is 7.11 Å². The summed E-state index contributed by atoms with van der Waals surface area (Å²) >= 11 is 5.93. The second-order valence-electron chi connectivity index (χ2n) is 6.25. The van der Waals surface area contributed by atoms with E-state index in [9.17, 15) is 9.59 Å². The van der Waals surface area contributed by atoms with Crippen molar-refractivity contribution in [3.05, 3.63) is 83.1 Å². The number of carbonyl (C=O) groups excluding carboxylic acids is 2. The van der Waals surface area contributed by atoms with Crippen LogP contribution in [0.15, 0.2) is 67.0 Å². The molecule has 1 aromatic heterocycles. The van der Waals surface area contributed by atoms with Gasteiger partial charge in [0, 0.05) is 17.4 Å². The summed E-state index contributed by atoms with van der Waals surface area (Å²) in [6.45, 7) is 0. The highest BCUT2D eigenvalue weighted by Crippen LogP contribution is 2.20. The highest BCUT2D eigenvalue weighted by molar-refractivity contribution is 6.30. The number of aromatic nitrogens is 2. The molecule has 3 aromatic rings. The van der Waals surface area contributed by atoms with Gasteiger partial charge in [0.05, 0.1) is 31.7 Å². The molecule has 144 valence electrons. The van der Waals surface area contributed by atoms with E-state index in [1.807, 2.05) is 36.5 Å². The minimum absolute atomic E-state index is 0.0438. The van der Waals surface area contributed by atoms with Gasteiger partial charge in [-0.2, -0.15) is 5.10 Å². The van der Waals surface area contributed by atoms with Gasteiger partial charge in [0.1, 0.15) is 0 Å². The lowest BCUT2D eigenvalue weighted by Gasteiger charge is -2.18. The summed E-state index contributed by atoms with van der Waals surface area (Å²) in [5.41, 5.74) is 2.57. The minimum atomic E-state index is -0.486. The van der Waals surface area contributed by atoms with E-state index in [0.29, 0.717) is 5.02 Å². The number of hydrogen-bond acceptors (Lipinski definition) is 4. The Morgan fingerprint density at radius 1 is 1.14 bits per heavy atom. The average Bonchev–Trinajstić information content (AvgIpc) is 3.23. The van der Waals surface area contributed by atoms with Gasteiger partial charge in [-0.1, -0.05) is 35.9 Å². The summed E-state index contributed by atoms with van der Waals surface area (Å²) < 4.78 is 6.50. The maximum Gasteiger partial charge on any atom is 0.307 e. The van der Waals surface area contributed by atoms with Crippen LogP contribution in [-0.2, 0) is 20.7 Å². The summed E-state index contributed by atoms with van der Waals surface area (Å²) in [4.78, 5) is 24.3. The maximum atomic E-state index is 12.5. The SMILES string of the molecule is COC(=O)CC(NC(=O)Cc1ccc(-n2cccn2)cc1)c1ccc(Cl)cc1. The van der Waals surface area contributed by atoms with E-state index >= 15 is 0 Å². The second kappa shape index (κ2) is 9.19. The third-order valence-electron chi connectivity index (χ3n) is 4.28. The van der Waals surface area contributed by atoms with Crippen molar-refractivity contribution in [1.82, 2.24) is 15.1 Å². The number of ether oxygens (including phenoxy) is 1. The number of nitrogens with one attached hydrogen (secondary N) is 1. The number of methoxy groups -OCH3 is 1. The normalized spacial score (nSPS) is 11.6. The highest BCUT2D eigenvalue weighted by Gasteiger charge is 2.19. The first-order chi connectivity index (χ1) is 13.5. The fourth-order valence-corrected chi connectivity index (χ4v) is 2.94. The van der Waals surface area contributed by atoms with Crippen LogP contribution in [0.25, 0.3) is 5.69 Å². The first kappa shape index (κ1) is 19.6. The van der Waals surface area contributed by atoms with E-state index in [4.69, 9.17) is 16.3 Å². The summed E-state index contributed by atoms with van der Waals surface area (Å²) in [7, 11) is 1.32. The molecule has 2 aromatic carbocycles. The molecular weight excluding hydrogens is 378 g/mol. The Balaban J connectivity index is 1.67. The molecule has 0 aliphatic carbocycles. The van der Waals surface area contributed by atoms with E-state index in [0.717, 1.165) is 16.8 Å². The number of esters is 1. The Hall–Kier alpha value is -3.12. The Labute approximate surface area is 168 Å². The lowest BCUT2D eigenvalue weighted by molar-refractivity contribution is -0.141. The second-order valence-corrected chi connectivity index (χ2v) is 6.68. The third kappa shape index (κ3) is 5.20. The highest BCUT2D eigenvalue weighted by atomic mass is 35.5. The van der Waals surface area contributed by atoms with Crippen molar-refractivity contribution in [3.63, 3.8) is 0 Å². The molecule has 0 aliphatic heterocycles. The zero-order valence-electron chi connectivity index (χ0n) is 15.3. The lowest BCUT2D eigenvalue weighted by Crippen LogP contribution is -2.31. The topological polar surface area (TPSA) is 73.2 Å². The molecule has 0 radical (unpaired) electrons. The number of rotatable bonds is 7. The number of nitrogens with zero attached hydrogens (tertiary/aromatic N) is 2. The van der Waals surface area contributed by atoms with Gasteiger partial charge < -0.3 is 10.1 Å². The summed E-state index contributed by atoms with van der Waals surface area (Å²) in [5.74, 6) is -0.584. The molecule has 1 N–H and O–H groups in total. The third-order valence-corrected chi connectivity index (χ3v) is 4.53. The summed E-state index contributed by atoms with van der Waals surface area (Å²) in [5, 5.41) is 7.67. The number of hydrogen-bond donors (Lipinski definition) is 1. The summed E-state index contributed by atoms with van der Waals surface area (Å²) in [6, 6.07) is 16.0. The van der Waals surface area contributed by atoms with Crippen LogP contribution >= 0.6 is 11.6 Å². The molecule has 6 nitrogen and oxygen atoms in total. The van der Waals surface area contributed by atoms with Crippen molar-refractivity contribution in [2.45, 2.75) is 18.9 Å². The van der Waals surface area contributed by atoms with Crippen molar-refractivity contribution >= 4 is 23.5 Å². The van der Waals surface area contributed by atoms with E-state index in [2.05, 4.69) is 10.4 Å². The molecule has 0 spiro atoms. The molecule has 0 saturated heterocycles. The lowest BCUT2D eigenvalue weighted by atomic mass is 10.0. The van der Waals surface area contributed by atoms with Crippen LogP contribution in [0.1, 0.15) is 23.6 Å². The number of amides is 1. The van der Waals surface area contributed by atoms with Gasteiger partial charge >= 0.3 is 5.97 Å². The zero-order chi connectivity index (χ0) is 19.9. The molecule has 0 bridgehead atoms. The van der Waals surface area contributed by atoms with Crippen LogP contribution in [0.3, 0.4) is 0 Å². The van der Waals surface area contributed by atoms with Gasteiger partial charge in [-0.3, -0.25) is 9.59 Å². The fraction of sp³-hybridized carbons (Fsp3) is 0.190. The van der Waals surface area contributed by atoms with Crippen molar-refractivity contribution in [2.24, 2.45) is 0 Å². The molecule has 1 amide bonds. The van der Waals surface area contributed by atoms with Crippen LogP contribution in [0.5, 0.6) is 0 Å². The Bertz CT molecular complexity index is 923.